The second kappa shape index (κ2) is 47.7. The number of allylic oxidation sites excluding steroid dienone is 16. The lowest BCUT2D eigenvalue weighted by Crippen LogP contribution is -2.55. The first kappa shape index (κ1) is 62.2. The van der Waals surface area contributed by atoms with Crippen molar-refractivity contribution >= 4 is 17.9 Å². The summed E-state index contributed by atoms with van der Waals surface area (Å²) in [6.45, 7) is 4.41. The van der Waals surface area contributed by atoms with Crippen molar-refractivity contribution in [3.63, 3.8) is 0 Å². The predicted octanol–water partition coefficient (Wildman–Crippen LogP) is 14.1. The predicted molar refractivity (Wildman–Crippen MR) is 277 cm³/mol. The average molecular weight is 920 g/mol. The van der Waals surface area contributed by atoms with E-state index in [0.717, 1.165) is 83.5 Å². The maximum Gasteiger partial charge on any atom is 0.306 e. The van der Waals surface area contributed by atoms with E-state index < -0.39 is 18.1 Å². The van der Waals surface area contributed by atoms with Crippen LogP contribution in [0, 0.1) is 0 Å². The van der Waals surface area contributed by atoms with Crippen LogP contribution >= 0.6 is 0 Å². The van der Waals surface area contributed by atoms with Gasteiger partial charge in [0.1, 0.15) is 12.6 Å². The molecule has 0 fully saturated rings. The van der Waals surface area contributed by atoms with Gasteiger partial charge in [0, 0.05) is 19.3 Å². The van der Waals surface area contributed by atoms with Crippen molar-refractivity contribution in [2.75, 3.05) is 41.0 Å². The van der Waals surface area contributed by atoms with E-state index in [1.165, 1.54) is 77.0 Å². The summed E-state index contributed by atoms with van der Waals surface area (Å²) in [6, 6.07) is -0.738. The molecular formula is C58H97NO7. The molecule has 0 aromatic heterocycles. The Hall–Kier alpha value is -3.75. The zero-order valence-corrected chi connectivity index (χ0v) is 42.8. The highest BCUT2D eigenvalue weighted by Crippen LogP contribution is 2.15. The fourth-order valence-corrected chi connectivity index (χ4v) is 7.23. The van der Waals surface area contributed by atoms with Crippen LogP contribution in [-0.4, -0.2) is 75.5 Å². The van der Waals surface area contributed by atoms with E-state index in [-0.39, 0.29) is 49.1 Å². The van der Waals surface area contributed by atoms with Crippen LogP contribution in [0.2, 0.25) is 0 Å². The van der Waals surface area contributed by atoms with Crippen LogP contribution in [0.5, 0.6) is 0 Å². The monoisotopic (exact) mass is 920 g/mol. The van der Waals surface area contributed by atoms with Crippen molar-refractivity contribution in [1.82, 2.24) is 0 Å². The number of carbonyl (C=O) groups excluding carboxylic acids is 3. The Balaban J connectivity index is 4.31. The van der Waals surface area contributed by atoms with Crippen molar-refractivity contribution in [2.45, 2.75) is 212 Å². The summed E-state index contributed by atoms with van der Waals surface area (Å²) < 4.78 is 17.2. The smallest absolute Gasteiger partial charge is 0.306 e. The molecular weight excluding hydrogens is 823 g/mol. The molecule has 0 bridgehead atoms. The van der Waals surface area contributed by atoms with Crippen molar-refractivity contribution in [1.29, 1.82) is 0 Å². The molecule has 0 aromatic carbocycles. The number of nitrogens with zero attached hydrogens (tertiary/aromatic N) is 1. The second-order valence-electron chi connectivity index (χ2n) is 18.3. The van der Waals surface area contributed by atoms with Crippen LogP contribution in [0.1, 0.15) is 200 Å². The molecule has 8 nitrogen and oxygen atoms in total. The van der Waals surface area contributed by atoms with Gasteiger partial charge in [0.15, 0.2) is 6.10 Å². The topological polar surface area (TPSA) is 102 Å². The normalized spacial score (nSPS) is 13.7. The molecule has 376 valence electrons. The number of esters is 2. The van der Waals surface area contributed by atoms with E-state index in [9.17, 15) is 19.5 Å². The molecule has 2 unspecified atom stereocenters. The largest absolute Gasteiger partial charge is 0.544 e. The molecule has 0 aliphatic carbocycles. The van der Waals surface area contributed by atoms with Crippen LogP contribution in [0.15, 0.2) is 97.2 Å². The molecule has 2 atom stereocenters. The SMILES string of the molecule is CC/C=C/C/C=C/C/C=C/C/C=C/C/C=C/C/C=C/CCCCC(=O)OCC(COCCC(C(=O)[O-])[N+](C)(C)C)OC(=O)CCCCCCCCCCCCCCCC/C=C/C/C=C/CC. The van der Waals surface area contributed by atoms with Gasteiger partial charge in [-0.25, -0.2) is 0 Å². The first-order valence-electron chi connectivity index (χ1n) is 26.3. The van der Waals surface area contributed by atoms with Gasteiger partial charge in [-0.1, -0.05) is 188 Å². The number of quaternary nitrogens is 1. The molecule has 8 heteroatoms. The fourth-order valence-electron chi connectivity index (χ4n) is 7.23. The van der Waals surface area contributed by atoms with Gasteiger partial charge >= 0.3 is 11.9 Å². The summed E-state index contributed by atoms with van der Waals surface area (Å²) in [5.41, 5.74) is 0. The number of carboxylic acids is 1. The molecule has 0 aliphatic rings. The van der Waals surface area contributed by atoms with E-state index in [2.05, 4.69) is 111 Å². The Kier molecular flexibility index (Phi) is 45.0. The van der Waals surface area contributed by atoms with Crippen molar-refractivity contribution < 1.29 is 38.2 Å². The second-order valence-corrected chi connectivity index (χ2v) is 18.3. The molecule has 0 heterocycles. The fraction of sp³-hybridized carbons (Fsp3) is 0.672. The number of hydrogen-bond acceptors (Lipinski definition) is 7. The number of unbranched alkanes of at least 4 members (excludes halogenated alkanes) is 16. The van der Waals surface area contributed by atoms with Gasteiger partial charge < -0.3 is 28.6 Å². The third-order valence-corrected chi connectivity index (χ3v) is 11.2. The van der Waals surface area contributed by atoms with Crippen molar-refractivity contribution in [2.24, 2.45) is 0 Å². The van der Waals surface area contributed by atoms with Gasteiger partial charge in [-0.3, -0.25) is 9.59 Å². The first-order chi connectivity index (χ1) is 32.1. The summed E-state index contributed by atoms with van der Waals surface area (Å²) >= 11 is 0. The van der Waals surface area contributed by atoms with E-state index in [1.807, 2.05) is 0 Å². The molecule has 0 amide bonds. The Morgan fingerprint density at radius 3 is 1.21 bits per heavy atom. The number of carboxylic acid groups (broad SMARTS) is 1. The van der Waals surface area contributed by atoms with Crippen molar-refractivity contribution in [3.8, 4) is 0 Å². The number of likely N-dealkylation sites (N-methyl/N-ethyl adjacent to an activating group) is 1. The zero-order valence-electron chi connectivity index (χ0n) is 42.8. The lowest BCUT2D eigenvalue weighted by atomic mass is 10.0. The lowest BCUT2D eigenvalue weighted by Gasteiger charge is -2.34. The number of rotatable bonds is 46. The van der Waals surface area contributed by atoms with Gasteiger partial charge in [-0.15, -0.1) is 0 Å². The van der Waals surface area contributed by atoms with E-state index in [0.29, 0.717) is 12.8 Å². The van der Waals surface area contributed by atoms with E-state index in [4.69, 9.17) is 14.2 Å². The van der Waals surface area contributed by atoms with Gasteiger partial charge in [0.05, 0.1) is 40.3 Å². The van der Waals surface area contributed by atoms with Crippen LogP contribution in [0.4, 0.5) is 0 Å². The summed E-state index contributed by atoms with van der Waals surface area (Å²) in [5.74, 6) is -1.80. The molecule has 0 aliphatic heterocycles. The third-order valence-electron chi connectivity index (χ3n) is 11.2. The minimum Gasteiger partial charge on any atom is -0.544 e. The molecule has 0 N–H and O–H groups in total. The summed E-state index contributed by atoms with van der Waals surface area (Å²) in [5, 5.41) is 11.7. The quantitative estimate of drug-likeness (QED) is 0.0259. The number of ether oxygens (including phenoxy) is 3. The first-order valence-corrected chi connectivity index (χ1v) is 26.3. The van der Waals surface area contributed by atoms with Crippen molar-refractivity contribution in [3.05, 3.63) is 97.2 Å². The summed E-state index contributed by atoms with van der Waals surface area (Å²) in [6.07, 6.45) is 64.4. The maximum atomic E-state index is 12.8. The van der Waals surface area contributed by atoms with Crippen LogP contribution in [0.25, 0.3) is 0 Å². The molecule has 0 rings (SSSR count). The Bertz CT molecular complexity index is 1400. The lowest BCUT2D eigenvalue weighted by molar-refractivity contribution is -0.889. The van der Waals surface area contributed by atoms with E-state index in [1.54, 1.807) is 21.1 Å². The van der Waals surface area contributed by atoms with E-state index >= 15 is 0 Å². The standard InChI is InChI=1S/C58H97NO7/c1-6-8-10-12-14-16-18-20-22-24-26-28-30-32-34-36-38-40-42-44-46-48-56(60)65-53-54(52-64-51-50-55(58(62)63)59(3,4)5)66-57(61)49-47-45-43-41-39-37-35-33-31-29-27-25-23-21-19-17-15-13-11-9-7-2/h8-11,14-17,20,22,26,28,32,34,38,40,54-55H,6-7,12-13,18-19,21,23-25,27,29-31,33,35-37,39,41-53H2,1-5H3/b10-8+,11-9+,16-14+,17-15+,22-20+,28-26+,34-32+,40-38+. The zero-order chi connectivity index (χ0) is 48.4. The number of hydrogen-bond donors (Lipinski definition) is 0. The Labute approximate surface area is 405 Å². The molecule has 0 saturated heterocycles. The molecule has 66 heavy (non-hydrogen) atoms. The van der Waals surface area contributed by atoms with Crippen LogP contribution in [-0.2, 0) is 28.6 Å². The molecule has 0 radical (unpaired) electrons. The van der Waals surface area contributed by atoms with Gasteiger partial charge in [0.2, 0.25) is 0 Å². The molecule has 0 saturated carbocycles. The van der Waals surface area contributed by atoms with Gasteiger partial charge in [-0.2, -0.15) is 0 Å². The Morgan fingerprint density at radius 1 is 0.455 bits per heavy atom. The molecule has 0 aromatic rings. The number of aliphatic carboxylic acids is 1. The highest BCUT2D eigenvalue weighted by molar-refractivity contribution is 5.70. The highest BCUT2D eigenvalue weighted by atomic mass is 16.6. The summed E-state index contributed by atoms with van der Waals surface area (Å²) in [4.78, 5) is 37.1. The Morgan fingerprint density at radius 2 is 0.803 bits per heavy atom. The third kappa shape index (κ3) is 45.4. The van der Waals surface area contributed by atoms with Crippen LogP contribution in [0.3, 0.4) is 0 Å². The van der Waals surface area contributed by atoms with Gasteiger partial charge in [0.25, 0.3) is 0 Å². The van der Waals surface area contributed by atoms with Crippen LogP contribution < -0.4 is 5.11 Å². The highest BCUT2D eigenvalue weighted by Gasteiger charge is 2.25. The number of carbonyl (C=O) groups is 3. The molecule has 0 spiro atoms. The minimum atomic E-state index is -1.13. The van der Waals surface area contributed by atoms with Gasteiger partial charge in [-0.05, 0) is 89.9 Å². The minimum absolute atomic E-state index is 0.0219. The summed E-state index contributed by atoms with van der Waals surface area (Å²) in [7, 11) is 5.40. The average Bonchev–Trinajstić information content (AvgIpc) is 3.28. The maximum absolute atomic E-state index is 12.8.